The normalized spacial score (nSPS) is 15.9. The molecule has 0 saturated carbocycles. The second-order valence-electron chi connectivity index (χ2n) is 7.64. The Bertz CT molecular complexity index is 1130. The zero-order valence-electron chi connectivity index (χ0n) is 16.8. The van der Waals surface area contributed by atoms with Gasteiger partial charge in [0.2, 0.25) is 0 Å². The number of hydrogen-bond acceptors (Lipinski definition) is 7. The standard InChI is InChI=1S/C22H24N4O3S/c1-30(28,29)20-14-24-22(17-6-4-10-23-13-17)25-21(20)16-8-11-26(12-9-16)15-18-5-2-3-7-19(18)27/h2-7,10,13-14,16,27H,8-9,11-12,15H2,1H3. The van der Waals surface area contributed by atoms with E-state index < -0.39 is 9.84 Å². The summed E-state index contributed by atoms with van der Waals surface area (Å²) < 4.78 is 24.7. The van der Waals surface area contributed by atoms with E-state index in [0.29, 0.717) is 23.8 Å². The quantitative estimate of drug-likeness (QED) is 0.672. The van der Waals surface area contributed by atoms with E-state index in [2.05, 4.69) is 19.9 Å². The number of phenolic OH excluding ortho intramolecular Hbond substituents is 1. The summed E-state index contributed by atoms with van der Waals surface area (Å²) >= 11 is 0. The van der Waals surface area contributed by atoms with E-state index in [-0.39, 0.29) is 10.8 Å². The fraction of sp³-hybridized carbons (Fsp3) is 0.318. The molecule has 2 aromatic heterocycles. The summed E-state index contributed by atoms with van der Waals surface area (Å²) in [6.07, 6.45) is 7.56. The smallest absolute Gasteiger partial charge is 0.178 e. The molecule has 1 aliphatic heterocycles. The molecule has 3 aromatic rings. The van der Waals surface area contributed by atoms with Gasteiger partial charge in [-0.05, 0) is 44.1 Å². The molecule has 0 amide bonds. The number of likely N-dealkylation sites (tertiary alicyclic amines) is 1. The van der Waals surface area contributed by atoms with E-state index >= 15 is 0 Å². The van der Waals surface area contributed by atoms with Crippen LogP contribution < -0.4 is 0 Å². The highest BCUT2D eigenvalue weighted by Crippen LogP contribution is 2.33. The van der Waals surface area contributed by atoms with E-state index in [4.69, 9.17) is 0 Å². The maximum absolute atomic E-state index is 12.4. The van der Waals surface area contributed by atoms with Crippen LogP contribution >= 0.6 is 0 Å². The summed E-state index contributed by atoms with van der Waals surface area (Å²) in [5.74, 6) is 0.826. The summed E-state index contributed by atoms with van der Waals surface area (Å²) in [5, 5.41) is 10.0. The van der Waals surface area contributed by atoms with Gasteiger partial charge >= 0.3 is 0 Å². The van der Waals surface area contributed by atoms with E-state index in [1.807, 2.05) is 24.3 Å². The van der Waals surface area contributed by atoms with Gasteiger partial charge in [0.1, 0.15) is 10.6 Å². The van der Waals surface area contributed by atoms with Gasteiger partial charge in [0, 0.05) is 48.4 Å². The molecular weight excluding hydrogens is 400 g/mol. The van der Waals surface area contributed by atoms with E-state index in [0.717, 1.165) is 37.1 Å². The molecule has 7 nitrogen and oxygen atoms in total. The van der Waals surface area contributed by atoms with Crippen molar-refractivity contribution >= 4 is 9.84 Å². The molecule has 4 rings (SSSR count). The third-order valence-corrected chi connectivity index (χ3v) is 6.58. The molecule has 0 radical (unpaired) electrons. The second-order valence-corrected chi connectivity index (χ2v) is 9.62. The van der Waals surface area contributed by atoms with Gasteiger partial charge in [-0.1, -0.05) is 18.2 Å². The summed E-state index contributed by atoms with van der Waals surface area (Å²) in [4.78, 5) is 15.5. The molecule has 1 aliphatic rings. The highest BCUT2D eigenvalue weighted by atomic mass is 32.2. The minimum Gasteiger partial charge on any atom is -0.508 e. The first kappa shape index (κ1) is 20.4. The van der Waals surface area contributed by atoms with Crippen LogP contribution in [-0.2, 0) is 16.4 Å². The number of piperidine rings is 1. The SMILES string of the molecule is CS(=O)(=O)c1cnc(-c2cccnc2)nc1C1CCN(Cc2ccccc2O)CC1. The number of nitrogens with zero attached hydrogens (tertiary/aromatic N) is 4. The minimum absolute atomic E-state index is 0.0359. The van der Waals surface area contributed by atoms with Crippen molar-refractivity contribution in [3.8, 4) is 17.1 Å². The number of rotatable bonds is 5. The number of aromatic hydroxyl groups is 1. The molecule has 8 heteroatoms. The molecule has 1 saturated heterocycles. The van der Waals surface area contributed by atoms with E-state index in [1.54, 1.807) is 24.5 Å². The third kappa shape index (κ3) is 4.49. The van der Waals surface area contributed by atoms with Crippen molar-refractivity contribution in [2.45, 2.75) is 30.2 Å². The van der Waals surface area contributed by atoms with Crippen LogP contribution in [0.3, 0.4) is 0 Å². The van der Waals surface area contributed by atoms with Crippen LogP contribution in [-0.4, -0.2) is 52.7 Å². The molecule has 0 aliphatic carbocycles. The number of phenols is 1. The highest BCUT2D eigenvalue weighted by Gasteiger charge is 2.28. The van der Waals surface area contributed by atoms with Crippen LogP contribution in [0.25, 0.3) is 11.4 Å². The number of pyridine rings is 1. The van der Waals surface area contributed by atoms with Gasteiger partial charge in [-0.2, -0.15) is 0 Å². The maximum Gasteiger partial charge on any atom is 0.178 e. The molecule has 1 fully saturated rings. The Kier molecular flexibility index (Phi) is 5.78. The monoisotopic (exact) mass is 424 g/mol. The number of sulfone groups is 1. The lowest BCUT2D eigenvalue weighted by Crippen LogP contribution is -2.33. The van der Waals surface area contributed by atoms with Crippen LogP contribution in [0, 0.1) is 0 Å². The number of para-hydroxylation sites is 1. The Balaban J connectivity index is 1.57. The van der Waals surface area contributed by atoms with Crippen LogP contribution in [0.15, 0.2) is 59.9 Å². The lowest BCUT2D eigenvalue weighted by Gasteiger charge is -2.32. The number of benzene rings is 1. The van der Waals surface area contributed by atoms with Crippen LogP contribution in [0.4, 0.5) is 0 Å². The Labute approximate surface area is 176 Å². The van der Waals surface area contributed by atoms with Crippen molar-refractivity contribution in [3.63, 3.8) is 0 Å². The van der Waals surface area contributed by atoms with E-state index in [1.165, 1.54) is 12.5 Å². The first-order chi connectivity index (χ1) is 14.4. The maximum atomic E-state index is 12.4. The summed E-state index contributed by atoms with van der Waals surface area (Å²) in [7, 11) is -3.44. The lowest BCUT2D eigenvalue weighted by molar-refractivity contribution is 0.200. The van der Waals surface area contributed by atoms with Gasteiger partial charge in [-0.3, -0.25) is 9.88 Å². The minimum atomic E-state index is -3.44. The summed E-state index contributed by atoms with van der Waals surface area (Å²) in [5.41, 5.74) is 2.25. The van der Waals surface area contributed by atoms with Crippen LogP contribution in [0.1, 0.15) is 30.0 Å². The van der Waals surface area contributed by atoms with Gasteiger partial charge < -0.3 is 5.11 Å². The average molecular weight is 425 g/mol. The predicted molar refractivity (Wildman–Crippen MR) is 114 cm³/mol. The first-order valence-electron chi connectivity index (χ1n) is 9.88. The molecule has 156 valence electrons. The lowest BCUT2D eigenvalue weighted by atomic mass is 9.92. The predicted octanol–water partition coefficient (Wildman–Crippen LogP) is 3.03. The largest absolute Gasteiger partial charge is 0.508 e. The van der Waals surface area contributed by atoms with Crippen LogP contribution in [0.2, 0.25) is 0 Å². The van der Waals surface area contributed by atoms with Gasteiger partial charge in [0.25, 0.3) is 0 Å². The summed E-state index contributed by atoms with van der Waals surface area (Å²) in [6, 6.07) is 11.0. The van der Waals surface area contributed by atoms with Crippen molar-refractivity contribution in [2.75, 3.05) is 19.3 Å². The number of hydrogen-bond donors (Lipinski definition) is 1. The Morgan fingerprint density at radius 2 is 1.87 bits per heavy atom. The van der Waals surface area contributed by atoms with Crippen LogP contribution in [0.5, 0.6) is 5.75 Å². The molecule has 30 heavy (non-hydrogen) atoms. The Morgan fingerprint density at radius 3 is 2.53 bits per heavy atom. The molecule has 0 unspecified atom stereocenters. The van der Waals surface area contributed by atoms with Crippen molar-refractivity contribution in [1.29, 1.82) is 0 Å². The fourth-order valence-electron chi connectivity index (χ4n) is 3.85. The van der Waals surface area contributed by atoms with Crippen molar-refractivity contribution in [1.82, 2.24) is 19.9 Å². The van der Waals surface area contributed by atoms with Gasteiger partial charge in [-0.25, -0.2) is 18.4 Å². The molecular formula is C22H24N4O3S. The highest BCUT2D eigenvalue weighted by molar-refractivity contribution is 7.90. The van der Waals surface area contributed by atoms with Gasteiger partial charge in [0.05, 0.1) is 5.69 Å². The Morgan fingerprint density at radius 1 is 1.10 bits per heavy atom. The first-order valence-corrected chi connectivity index (χ1v) is 11.8. The molecule has 1 aromatic carbocycles. The third-order valence-electron chi connectivity index (χ3n) is 5.46. The molecule has 1 N–H and O–H groups in total. The fourth-order valence-corrected chi connectivity index (χ4v) is 4.68. The zero-order chi connectivity index (χ0) is 21.1. The van der Waals surface area contributed by atoms with Crippen molar-refractivity contribution in [2.24, 2.45) is 0 Å². The number of aromatic nitrogens is 3. The van der Waals surface area contributed by atoms with Gasteiger partial charge in [0.15, 0.2) is 15.7 Å². The molecule has 0 bridgehead atoms. The van der Waals surface area contributed by atoms with Crippen molar-refractivity contribution in [3.05, 3.63) is 66.2 Å². The average Bonchev–Trinajstić information content (AvgIpc) is 2.75. The molecule has 0 spiro atoms. The zero-order valence-corrected chi connectivity index (χ0v) is 17.6. The Hall–Kier alpha value is -2.84. The summed E-state index contributed by atoms with van der Waals surface area (Å²) in [6.45, 7) is 2.27. The van der Waals surface area contributed by atoms with Gasteiger partial charge in [-0.15, -0.1) is 0 Å². The van der Waals surface area contributed by atoms with Crippen molar-refractivity contribution < 1.29 is 13.5 Å². The topological polar surface area (TPSA) is 96.3 Å². The van der Waals surface area contributed by atoms with E-state index in [9.17, 15) is 13.5 Å². The molecule has 0 atom stereocenters. The molecule has 3 heterocycles. The second kappa shape index (κ2) is 8.49.